The molecule has 0 bridgehead atoms. The van der Waals surface area contributed by atoms with E-state index in [1.54, 1.807) is 0 Å². The Kier molecular flexibility index (Phi) is 4.24. The Labute approximate surface area is 109 Å². The lowest BCUT2D eigenvalue weighted by molar-refractivity contribution is 0.974. The van der Waals surface area contributed by atoms with Crippen molar-refractivity contribution in [1.29, 1.82) is 0 Å². The average Bonchev–Trinajstić information content (AvgIpc) is 2.39. The molecule has 0 aliphatic carbocycles. The van der Waals surface area contributed by atoms with Crippen LogP contribution >= 0.6 is 0 Å². The van der Waals surface area contributed by atoms with Crippen LogP contribution in [0.1, 0.15) is 24.5 Å². The molecule has 0 fully saturated rings. The normalized spacial score (nSPS) is 10.3. The number of rotatable bonds is 5. The van der Waals surface area contributed by atoms with Gasteiger partial charge in [0.25, 0.3) is 0 Å². The number of nitrogens with one attached hydrogen (secondary N) is 1. The molecule has 2 rings (SSSR count). The van der Waals surface area contributed by atoms with Crippen molar-refractivity contribution in [2.24, 2.45) is 0 Å². The standard InChI is InChI=1S/C16H20N2/c1-2-10-18-16-9-8-15(17)12-14(16)11-13-6-4-3-5-7-13/h3-9,12,18H,2,10-11,17H2,1H3. The lowest BCUT2D eigenvalue weighted by Gasteiger charge is -2.12. The average molecular weight is 240 g/mol. The van der Waals surface area contributed by atoms with Crippen molar-refractivity contribution in [2.75, 3.05) is 17.6 Å². The fraction of sp³-hybridized carbons (Fsp3) is 0.250. The minimum atomic E-state index is 0.822. The van der Waals surface area contributed by atoms with Crippen molar-refractivity contribution in [3.05, 3.63) is 59.7 Å². The predicted molar refractivity (Wildman–Crippen MR) is 78.9 cm³/mol. The van der Waals surface area contributed by atoms with E-state index in [9.17, 15) is 0 Å². The van der Waals surface area contributed by atoms with Crippen molar-refractivity contribution in [1.82, 2.24) is 0 Å². The summed E-state index contributed by atoms with van der Waals surface area (Å²) in [5.74, 6) is 0. The van der Waals surface area contributed by atoms with Crippen molar-refractivity contribution >= 4 is 11.4 Å². The molecule has 0 radical (unpaired) electrons. The van der Waals surface area contributed by atoms with Gasteiger partial charge in [0.1, 0.15) is 0 Å². The first-order valence-corrected chi connectivity index (χ1v) is 6.46. The van der Waals surface area contributed by atoms with E-state index in [1.165, 1.54) is 16.8 Å². The van der Waals surface area contributed by atoms with E-state index < -0.39 is 0 Å². The van der Waals surface area contributed by atoms with Crippen LogP contribution in [0.5, 0.6) is 0 Å². The summed E-state index contributed by atoms with van der Waals surface area (Å²) in [6.45, 7) is 3.16. The third kappa shape index (κ3) is 3.27. The third-order valence-corrected chi connectivity index (χ3v) is 2.93. The zero-order chi connectivity index (χ0) is 12.8. The Morgan fingerprint density at radius 3 is 2.56 bits per heavy atom. The Hall–Kier alpha value is -1.96. The van der Waals surface area contributed by atoms with Gasteiger partial charge in [0.05, 0.1) is 0 Å². The van der Waals surface area contributed by atoms with Crippen LogP contribution in [0.15, 0.2) is 48.5 Å². The maximum Gasteiger partial charge on any atom is 0.0377 e. The largest absolute Gasteiger partial charge is 0.399 e. The number of nitrogen functional groups attached to an aromatic ring is 1. The zero-order valence-corrected chi connectivity index (χ0v) is 10.8. The molecule has 0 aromatic heterocycles. The second kappa shape index (κ2) is 6.10. The molecule has 94 valence electrons. The molecule has 0 aliphatic rings. The molecule has 0 spiro atoms. The molecule has 0 saturated carbocycles. The maximum atomic E-state index is 5.88. The van der Waals surface area contributed by atoms with Crippen molar-refractivity contribution < 1.29 is 0 Å². The summed E-state index contributed by atoms with van der Waals surface area (Å²) in [4.78, 5) is 0. The quantitative estimate of drug-likeness (QED) is 0.782. The van der Waals surface area contributed by atoms with Gasteiger partial charge in [-0.1, -0.05) is 37.3 Å². The first kappa shape index (κ1) is 12.5. The van der Waals surface area contributed by atoms with Gasteiger partial charge in [-0.15, -0.1) is 0 Å². The third-order valence-electron chi connectivity index (χ3n) is 2.93. The fourth-order valence-corrected chi connectivity index (χ4v) is 2.01. The van der Waals surface area contributed by atoms with Crippen LogP contribution in [0.3, 0.4) is 0 Å². The van der Waals surface area contributed by atoms with Crippen LogP contribution in [-0.4, -0.2) is 6.54 Å². The first-order valence-electron chi connectivity index (χ1n) is 6.46. The predicted octanol–water partition coefficient (Wildman–Crippen LogP) is 3.68. The molecule has 0 heterocycles. The lowest BCUT2D eigenvalue weighted by Crippen LogP contribution is -2.04. The van der Waals surface area contributed by atoms with Crippen molar-refractivity contribution in [2.45, 2.75) is 19.8 Å². The molecule has 2 aromatic rings. The number of benzene rings is 2. The second-order valence-corrected chi connectivity index (χ2v) is 4.51. The summed E-state index contributed by atoms with van der Waals surface area (Å²) in [7, 11) is 0. The Morgan fingerprint density at radius 2 is 1.83 bits per heavy atom. The second-order valence-electron chi connectivity index (χ2n) is 4.51. The molecule has 2 aromatic carbocycles. The Balaban J connectivity index is 2.22. The van der Waals surface area contributed by atoms with Crippen LogP contribution in [0.2, 0.25) is 0 Å². The smallest absolute Gasteiger partial charge is 0.0377 e. The monoisotopic (exact) mass is 240 g/mol. The minimum Gasteiger partial charge on any atom is -0.399 e. The van der Waals surface area contributed by atoms with Crippen molar-refractivity contribution in [3.63, 3.8) is 0 Å². The van der Waals surface area contributed by atoms with Crippen LogP contribution in [0.25, 0.3) is 0 Å². The van der Waals surface area contributed by atoms with E-state index in [-0.39, 0.29) is 0 Å². The summed E-state index contributed by atoms with van der Waals surface area (Å²) in [5.41, 5.74) is 10.5. The molecule has 0 aliphatic heterocycles. The topological polar surface area (TPSA) is 38.0 Å². The summed E-state index contributed by atoms with van der Waals surface area (Å²) in [6.07, 6.45) is 2.03. The number of anilines is 2. The molecule has 2 nitrogen and oxygen atoms in total. The molecule has 0 atom stereocenters. The number of nitrogens with two attached hydrogens (primary N) is 1. The van der Waals surface area contributed by atoms with E-state index in [1.807, 2.05) is 12.1 Å². The molecular formula is C16H20N2. The van der Waals surface area contributed by atoms with Gasteiger partial charge in [-0.2, -0.15) is 0 Å². The van der Waals surface area contributed by atoms with Crippen LogP contribution in [0.4, 0.5) is 11.4 Å². The van der Waals surface area contributed by atoms with Gasteiger partial charge in [0.15, 0.2) is 0 Å². The van der Waals surface area contributed by atoms with Gasteiger partial charge in [0.2, 0.25) is 0 Å². The number of hydrogen-bond acceptors (Lipinski definition) is 2. The van der Waals surface area contributed by atoms with Gasteiger partial charge >= 0.3 is 0 Å². The summed E-state index contributed by atoms with van der Waals surface area (Å²) in [6, 6.07) is 16.6. The van der Waals surface area contributed by atoms with Gasteiger partial charge in [-0.05, 0) is 42.2 Å². The SMILES string of the molecule is CCCNc1ccc(N)cc1Cc1ccccc1. The number of hydrogen-bond donors (Lipinski definition) is 2. The minimum absolute atomic E-state index is 0.822. The first-order chi connectivity index (χ1) is 8.79. The summed E-state index contributed by atoms with van der Waals surface area (Å²) < 4.78 is 0. The van der Waals surface area contributed by atoms with E-state index in [2.05, 4.69) is 48.6 Å². The van der Waals surface area contributed by atoms with Crippen LogP contribution < -0.4 is 11.1 Å². The van der Waals surface area contributed by atoms with Crippen LogP contribution in [0, 0.1) is 0 Å². The highest BCUT2D eigenvalue weighted by Crippen LogP contribution is 2.22. The van der Waals surface area contributed by atoms with Crippen molar-refractivity contribution in [3.8, 4) is 0 Å². The van der Waals surface area contributed by atoms with E-state index in [0.29, 0.717) is 0 Å². The molecule has 18 heavy (non-hydrogen) atoms. The highest BCUT2D eigenvalue weighted by molar-refractivity contribution is 5.59. The summed E-state index contributed by atoms with van der Waals surface area (Å²) in [5, 5.41) is 3.45. The highest BCUT2D eigenvalue weighted by atomic mass is 14.9. The van der Waals surface area contributed by atoms with Gasteiger partial charge in [-0.25, -0.2) is 0 Å². The Morgan fingerprint density at radius 1 is 1.06 bits per heavy atom. The highest BCUT2D eigenvalue weighted by Gasteiger charge is 2.03. The van der Waals surface area contributed by atoms with E-state index in [0.717, 1.165) is 25.1 Å². The van der Waals surface area contributed by atoms with E-state index in [4.69, 9.17) is 5.73 Å². The molecule has 2 heteroatoms. The maximum absolute atomic E-state index is 5.88. The molecule has 0 unspecified atom stereocenters. The molecular weight excluding hydrogens is 220 g/mol. The van der Waals surface area contributed by atoms with Gasteiger partial charge in [-0.3, -0.25) is 0 Å². The van der Waals surface area contributed by atoms with Gasteiger partial charge in [0, 0.05) is 17.9 Å². The van der Waals surface area contributed by atoms with E-state index >= 15 is 0 Å². The zero-order valence-electron chi connectivity index (χ0n) is 10.8. The van der Waals surface area contributed by atoms with Gasteiger partial charge < -0.3 is 11.1 Å². The summed E-state index contributed by atoms with van der Waals surface area (Å²) >= 11 is 0. The molecule has 0 saturated heterocycles. The van der Waals surface area contributed by atoms with Crippen LogP contribution in [-0.2, 0) is 6.42 Å². The molecule has 0 amide bonds. The Bertz CT molecular complexity index is 492. The molecule has 3 N–H and O–H groups in total. The lowest BCUT2D eigenvalue weighted by atomic mass is 10.0. The fourth-order valence-electron chi connectivity index (χ4n) is 2.01.